The monoisotopic (exact) mass is 216 g/mol. The second kappa shape index (κ2) is 7.04. The van der Waals surface area contributed by atoms with Crippen LogP contribution in [0.2, 0.25) is 0 Å². The fourth-order valence-electron chi connectivity index (χ4n) is 1.49. The molecule has 0 amide bonds. The molecule has 0 saturated heterocycles. The van der Waals surface area contributed by atoms with Crippen LogP contribution in [0.4, 0.5) is 0 Å². The van der Waals surface area contributed by atoms with Gasteiger partial charge in [0.15, 0.2) is 0 Å². The molecule has 0 fully saturated rings. The molecule has 82 valence electrons. The predicted octanol–water partition coefficient (Wildman–Crippen LogP) is 2.70. The molecule has 0 aliphatic carbocycles. The number of thioether (sulfide) groups is 1. The molecule has 2 nitrogen and oxygen atoms in total. The van der Waals surface area contributed by atoms with Gasteiger partial charge in [-0.05, 0) is 26.0 Å². The predicted molar refractivity (Wildman–Crippen MR) is 61.7 cm³/mol. The van der Waals surface area contributed by atoms with Crippen molar-refractivity contribution < 1.29 is 9.59 Å². The summed E-state index contributed by atoms with van der Waals surface area (Å²) in [7, 11) is 0. The van der Waals surface area contributed by atoms with E-state index in [9.17, 15) is 9.59 Å². The zero-order valence-corrected chi connectivity index (χ0v) is 10.3. The third-order valence-corrected chi connectivity index (χ3v) is 3.63. The van der Waals surface area contributed by atoms with Gasteiger partial charge in [-0.25, -0.2) is 0 Å². The van der Waals surface area contributed by atoms with Gasteiger partial charge < -0.3 is 0 Å². The zero-order chi connectivity index (χ0) is 11.1. The molecule has 0 bridgehead atoms. The lowest BCUT2D eigenvalue weighted by Gasteiger charge is -2.14. The van der Waals surface area contributed by atoms with Gasteiger partial charge in [-0.3, -0.25) is 9.59 Å². The molecular weight excluding hydrogens is 196 g/mol. The molecule has 0 rings (SSSR count). The van der Waals surface area contributed by atoms with Crippen molar-refractivity contribution in [3.05, 3.63) is 0 Å². The fourth-order valence-corrected chi connectivity index (χ4v) is 2.15. The first kappa shape index (κ1) is 13.7. The minimum atomic E-state index is -0.136. The molecule has 3 heteroatoms. The smallest absolute Gasteiger partial charge is 0.143 e. The van der Waals surface area contributed by atoms with Crippen LogP contribution in [0.3, 0.4) is 0 Å². The average molecular weight is 216 g/mol. The van der Waals surface area contributed by atoms with Gasteiger partial charge in [0.2, 0.25) is 0 Å². The van der Waals surface area contributed by atoms with E-state index in [0.29, 0.717) is 6.42 Å². The normalized spacial score (nSPS) is 12.9. The topological polar surface area (TPSA) is 34.1 Å². The zero-order valence-electron chi connectivity index (χ0n) is 9.50. The van der Waals surface area contributed by atoms with Crippen LogP contribution in [0.1, 0.15) is 40.0 Å². The maximum absolute atomic E-state index is 11.7. The van der Waals surface area contributed by atoms with E-state index < -0.39 is 0 Å². The summed E-state index contributed by atoms with van der Waals surface area (Å²) in [5.74, 6) is 0.491. The third-order valence-electron chi connectivity index (χ3n) is 2.57. The Labute approximate surface area is 90.8 Å². The number of hydrogen-bond donors (Lipinski definition) is 0. The number of carbonyl (C=O) groups is 2. The first-order chi connectivity index (χ1) is 6.56. The van der Waals surface area contributed by atoms with Crippen LogP contribution in [-0.4, -0.2) is 23.1 Å². The molecule has 14 heavy (non-hydrogen) atoms. The molecule has 0 saturated carbocycles. The van der Waals surface area contributed by atoms with E-state index in [0.717, 1.165) is 12.8 Å². The second-order valence-corrected chi connectivity index (χ2v) is 4.56. The van der Waals surface area contributed by atoms with E-state index in [1.807, 2.05) is 20.1 Å². The molecule has 0 spiro atoms. The maximum Gasteiger partial charge on any atom is 0.143 e. The summed E-state index contributed by atoms with van der Waals surface area (Å²) in [6.45, 7) is 5.60. The van der Waals surface area contributed by atoms with Crippen LogP contribution in [0, 0.1) is 5.92 Å². The van der Waals surface area contributed by atoms with Gasteiger partial charge in [0, 0.05) is 12.3 Å². The number of hydrogen-bond acceptors (Lipinski definition) is 3. The van der Waals surface area contributed by atoms with Crippen LogP contribution in [0.5, 0.6) is 0 Å². The summed E-state index contributed by atoms with van der Waals surface area (Å²) in [6, 6.07) is 0. The van der Waals surface area contributed by atoms with Gasteiger partial charge in [0.1, 0.15) is 11.6 Å². The van der Waals surface area contributed by atoms with E-state index in [1.165, 1.54) is 11.8 Å². The third kappa shape index (κ3) is 4.27. The Morgan fingerprint density at radius 2 is 1.71 bits per heavy atom. The van der Waals surface area contributed by atoms with Gasteiger partial charge in [-0.2, -0.15) is 11.8 Å². The van der Waals surface area contributed by atoms with E-state index in [1.54, 1.807) is 6.92 Å². The Hall–Kier alpha value is -0.310. The standard InChI is InChI=1S/C11H20O2S/c1-5-9(6-2)10(13)7-11(14-4)8(3)12/h9,11H,5-7H2,1-4H3. The molecule has 1 unspecified atom stereocenters. The van der Waals surface area contributed by atoms with E-state index >= 15 is 0 Å². The van der Waals surface area contributed by atoms with E-state index in [2.05, 4.69) is 0 Å². The summed E-state index contributed by atoms with van der Waals surface area (Å²) in [4.78, 5) is 22.9. The van der Waals surface area contributed by atoms with Crippen molar-refractivity contribution in [2.45, 2.75) is 45.3 Å². The van der Waals surface area contributed by atoms with Gasteiger partial charge in [-0.1, -0.05) is 13.8 Å². The molecule has 0 heterocycles. The summed E-state index contributed by atoms with van der Waals surface area (Å²) in [5.41, 5.74) is 0. The Morgan fingerprint density at radius 1 is 1.21 bits per heavy atom. The van der Waals surface area contributed by atoms with Gasteiger partial charge in [0.25, 0.3) is 0 Å². The lowest BCUT2D eigenvalue weighted by atomic mass is 9.94. The Bertz CT molecular complexity index is 197. The number of ketones is 2. The van der Waals surface area contributed by atoms with E-state index in [4.69, 9.17) is 0 Å². The maximum atomic E-state index is 11.7. The lowest BCUT2D eigenvalue weighted by Crippen LogP contribution is -2.22. The SMILES string of the molecule is CCC(CC)C(=O)CC(SC)C(C)=O. The number of Topliss-reactive ketones (excluding diaryl/α,β-unsaturated/α-hetero) is 2. The van der Waals surface area contributed by atoms with Gasteiger partial charge >= 0.3 is 0 Å². The minimum Gasteiger partial charge on any atom is -0.299 e. The van der Waals surface area contributed by atoms with Crippen LogP contribution < -0.4 is 0 Å². The summed E-state index contributed by atoms with van der Waals surface area (Å²) >= 11 is 1.47. The van der Waals surface area contributed by atoms with Crippen molar-refractivity contribution in [2.24, 2.45) is 5.92 Å². The summed E-state index contributed by atoms with van der Waals surface area (Å²) < 4.78 is 0. The molecule has 0 aliphatic rings. The number of carbonyl (C=O) groups excluding carboxylic acids is 2. The molecule has 0 aromatic heterocycles. The van der Waals surface area contributed by atoms with Crippen LogP contribution in [0.25, 0.3) is 0 Å². The van der Waals surface area contributed by atoms with Crippen molar-refractivity contribution >= 4 is 23.3 Å². The van der Waals surface area contributed by atoms with Crippen molar-refractivity contribution in [1.82, 2.24) is 0 Å². The van der Waals surface area contributed by atoms with Crippen LogP contribution in [-0.2, 0) is 9.59 Å². The summed E-state index contributed by atoms with van der Waals surface area (Å²) in [5, 5.41) is -0.136. The van der Waals surface area contributed by atoms with E-state index in [-0.39, 0.29) is 22.7 Å². The van der Waals surface area contributed by atoms with Crippen molar-refractivity contribution in [2.75, 3.05) is 6.26 Å². The Kier molecular flexibility index (Phi) is 6.89. The first-order valence-corrected chi connectivity index (χ1v) is 6.41. The lowest BCUT2D eigenvalue weighted by molar-refractivity contribution is -0.125. The first-order valence-electron chi connectivity index (χ1n) is 5.12. The molecule has 0 aliphatic heterocycles. The van der Waals surface area contributed by atoms with Gasteiger partial charge in [0.05, 0.1) is 5.25 Å². The highest BCUT2D eigenvalue weighted by Gasteiger charge is 2.21. The highest BCUT2D eigenvalue weighted by atomic mass is 32.2. The van der Waals surface area contributed by atoms with Crippen molar-refractivity contribution in [1.29, 1.82) is 0 Å². The minimum absolute atomic E-state index is 0.108. The highest BCUT2D eigenvalue weighted by Crippen LogP contribution is 2.18. The highest BCUT2D eigenvalue weighted by molar-refractivity contribution is 7.99. The molecule has 0 aromatic carbocycles. The number of rotatable bonds is 7. The molecule has 0 aromatic rings. The van der Waals surface area contributed by atoms with Crippen LogP contribution >= 0.6 is 11.8 Å². The molecule has 1 atom stereocenters. The van der Waals surface area contributed by atoms with Crippen molar-refractivity contribution in [3.63, 3.8) is 0 Å². The molecule has 0 N–H and O–H groups in total. The second-order valence-electron chi connectivity index (χ2n) is 3.52. The fraction of sp³-hybridized carbons (Fsp3) is 0.818. The summed E-state index contributed by atoms with van der Waals surface area (Å²) in [6.07, 6.45) is 4.05. The Balaban J connectivity index is 4.20. The Morgan fingerprint density at radius 3 is 2.00 bits per heavy atom. The average Bonchev–Trinajstić information content (AvgIpc) is 2.15. The quantitative estimate of drug-likeness (QED) is 0.656. The van der Waals surface area contributed by atoms with Crippen LogP contribution in [0.15, 0.2) is 0 Å². The molecule has 0 radical (unpaired) electrons. The molecular formula is C11H20O2S. The largest absolute Gasteiger partial charge is 0.299 e. The van der Waals surface area contributed by atoms with Crippen molar-refractivity contribution in [3.8, 4) is 0 Å². The van der Waals surface area contributed by atoms with Gasteiger partial charge in [-0.15, -0.1) is 0 Å².